The van der Waals surface area contributed by atoms with Gasteiger partial charge in [0.15, 0.2) is 0 Å². The molecule has 1 aliphatic rings. The summed E-state index contributed by atoms with van der Waals surface area (Å²) < 4.78 is 1.84. The number of benzene rings is 1. The van der Waals surface area contributed by atoms with Crippen LogP contribution in [0.2, 0.25) is 0 Å². The Morgan fingerprint density at radius 2 is 1.94 bits per heavy atom. The molecule has 7 heteroatoms. The predicted octanol–water partition coefficient (Wildman–Crippen LogP) is 4.57. The van der Waals surface area contributed by atoms with Gasteiger partial charge < -0.3 is 15.5 Å². The number of amides is 1. The average molecular weight is 433 g/mol. The topological polar surface area (TPSA) is 75.1 Å². The van der Waals surface area contributed by atoms with Gasteiger partial charge in [-0.2, -0.15) is 5.10 Å². The van der Waals surface area contributed by atoms with E-state index in [0.29, 0.717) is 18.7 Å². The Morgan fingerprint density at radius 1 is 1.09 bits per heavy atom. The highest BCUT2D eigenvalue weighted by Gasteiger charge is 2.21. The van der Waals surface area contributed by atoms with Crippen LogP contribution in [0.3, 0.4) is 0 Å². The first-order valence-corrected chi connectivity index (χ1v) is 11.4. The first-order chi connectivity index (χ1) is 15.6. The van der Waals surface area contributed by atoms with Crippen LogP contribution in [-0.2, 0) is 13.6 Å². The Hall–Kier alpha value is -3.19. The quantitative estimate of drug-likeness (QED) is 0.634. The molecule has 32 heavy (non-hydrogen) atoms. The first-order valence-electron chi connectivity index (χ1n) is 11.4. The monoisotopic (exact) mass is 432 g/mol. The molecule has 0 saturated heterocycles. The van der Waals surface area contributed by atoms with Gasteiger partial charge in [-0.05, 0) is 62.2 Å². The van der Waals surface area contributed by atoms with Gasteiger partial charge in [0, 0.05) is 50.0 Å². The second kappa shape index (κ2) is 10.4. The van der Waals surface area contributed by atoms with Crippen molar-refractivity contribution in [2.75, 3.05) is 23.3 Å². The van der Waals surface area contributed by atoms with Crippen LogP contribution >= 0.6 is 0 Å². The maximum atomic E-state index is 13.4. The van der Waals surface area contributed by atoms with Gasteiger partial charge in [-0.3, -0.25) is 14.5 Å². The number of carbonyl (C=O) groups is 1. The van der Waals surface area contributed by atoms with E-state index in [2.05, 4.69) is 32.8 Å². The van der Waals surface area contributed by atoms with Gasteiger partial charge >= 0.3 is 0 Å². The summed E-state index contributed by atoms with van der Waals surface area (Å²) in [4.78, 5) is 19.5. The van der Waals surface area contributed by atoms with Crippen molar-refractivity contribution < 1.29 is 4.79 Å². The fraction of sp³-hybridized carbons (Fsp3) is 0.400. The maximum absolute atomic E-state index is 13.4. The van der Waals surface area contributed by atoms with Gasteiger partial charge in [-0.25, -0.2) is 0 Å². The van der Waals surface area contributed by atoms with Crippen LogP contribution in [0, 0.1) is 6.92 Å². The first kappa shape index (κ1) is 22.0. The number of aryl methyl sites for hydroxylation is 2. The molecule has 0 aliphatic carbocycles. The van der Waals surface area contributed by atoms with Crippen LogP contribution in [0.15, 0.2) is 48.8 Å². The van der Waals surface area contributed by atoms with Crippen LogP contribution < -0.4 is 15.5 Å². The minimum absolute atomic E-state index is 0.000576. The second-order valence-electron chi connectivity index (χ2n) is 8.41. The molecular weight excluding hydrogens is 400 g/mol. The van der Waals surface area contributed by atoms with Gasteiger partial charge in [0.2, 0.25) is 0 Å². The molecule has 2 aromatic heterocycles. The average Bonchev–Trinajstić information content (AvgIpc) is 3.11. The summed E-state index contributed by atoms with van der Waals surface area (Å²) in [5.74, 6) is 0.936. The van der Waals surface area contributed by atoms with E-state index in [9.17, 15) is 4.79 Å². The summed E-state index contributed by atoms with van der Waals surface area (Å²) in [6, 6.07) is 11.9. The Kier molecular flexibility index (Phi) is 7.17. The lowest BCUT2D eigenvalue weighted by molar-refractivity contribution is 0.0986. The van der Waals surface area contributed by atoms with Crippen molar-refractivity contribution in [3.05, 3.63) is 65.6 Å². The number of carbonyl (C=O) groups excluding carboxylic acids is 1. The molecule has 2 N–H and O–H groups in total. The molecule has 7 nitrogen and oxygen atoms in total. The zero-order valence-electron chi connectivity index (χ0n) is 19.0. The Bertz CT molecular complexity index is 1050. The van der Waals surface area contributed by atoms with E-state index in [0.717, 1.165) is 47.8 Å². The zero-order chi connectivity index (χ0) is 22.3. The number of nitrogens with zero attached hydrogens (tertiary/aromatic N) is 4. The number of hydrogen-bond donors (Lipinski definition) is 2. The third-order valence-electron chi connectivity index (χ3n) is 5.85. The molecule has 0 fully saturated rings. The summed E-state index contributed by atoms with van der Waals surface area (Å²) in [6.45, 7) is 4.38. The lowest BCUT2D eigenvalue weighted by atomic mass is 10.1. The largest absolute Gasteiger partial charge is 0.340 e. The fourth-order valence-corrected chi connectivity index (χ4v) is 4.19. The third-order valence-corrected chi connectivity index (χ3v) is 5.85. The SMILES string of the molecule is Cc1cc(Nc2ccc3c(c2)CNCCCCCCCN3C(=O)c2cccnc2)n(C)n1. The van der Waals surface area contributed by atoms with Crippen molar-refractivity contribution in [1.82, 2.24) is 20.1 Å². The molecule has 1 aromatic carbocycles. The van der Waals surface area contributed by atoms with Gasteiger partial charge in [0.05, 0.1) is 11.3 Å². The third kappa shape index (κ3) is 5.34. The van der Waals surface area contributed by atoms with Gasteiger partial charge in [0.1, 0.15) is 5.82 Å². The van der Waals surface area contributed by atoms with Crippen molar-refractivity contribution in [1.29, 1.82) is 0 Å². The van der Waals surface area contributed by atoms with E-state index >= 15 is 0 Å². The molecule has 3 heterocycles. The molecule has 0 atom stereocenters. The summed E-state index contributed by atoms with van der Waals surface area (Å²) >= 11 is 0. The highest BCUT2D eigenvalue weighted by molar-refractivity contribution is 6.06. The molecule has 168 valence electrons. The summed E-state index contributed by atoms with van der Waals surface area (Å²) in [5.41, 5.74) is 4.63. The lowest BCUT2D eigenvalue weighted by Crippen LogP contribution is -2.33. The molecule has 0 bridgehead atoms. The minimum Gasteiger partial charge on any atom is -0.340 e. The molecule has 0 saturated carbocycles. The number of rotatable bonds is 3. The number of anilines is 3. The van der Waals surface area contributed by atoms with E-state index in [1.807, 2.05) is 47.8 Å². The highest BCUT2D eigenvalue weighted by atomic mass is 16.2. The van der Waals surface area contributed by atoms with Crippen molar-refractivity contribution in [2.45, 2.75) is 45.6 Å². The van der Waals surface area contributed by atoms with Crippen molar-refractivity contribution in [3.63, 3.8) is 0 Å². The molecule has 1 aliphatic heterocycles. The standard InChI is InChI=1S/C25H32N6O/c1-19-15-24(30(2)29-19)28-22-10-11-23-21(16-22)18-26-12-6-4-3-5-7-14-31(23)25(32)20-9-8-13-27-17-20/h8-11,13,15-17,26,28H,3-7,12,14,18H2,1-2H3. The molecule has 3 aromatic rings. The highest BCUT2D eigenvalue weighted by Crippen LogP contribution is 2.28. The van der Waals surface area contributed by atoms with Crippen LogP contribution in [0.5, 0.6) is 0 Å². The maximum Gasteiger partial charge on any atom is 0.259 e. The summed E-state index contributed by atoms with van der Waals surface area (Å²) in [6.07, 6.45) is 9.08. The van der Waals surface area contributed by atoms with Crippen LogP contribution in [0.4, 0.5) is 17.2 Å². The van der Waals surface area contributed by atoms with E-state index in [1.54, 1.807) is 12.4 Å². The lowest BCUT2D eigenvalue weighted by Gasteiger charge is -2.27. The number of nitrogens with one attached hydrogen (secondary N) is 2. The van der Waals surface area contributed by atoms with Crippen LogP contribution in [-0.4, -0.2) is 33.8 Å². The molecule has 1 amide bonds. The Balaban J connectivity index is 1.68. The van der Waals surface area contributed by atoms with Crippen LogP contribution in [0.25, 0.3) is 0 Å². The number of aromatic nitrogens is 3. The number of hydrogen-bond acceptors (Lipinski definition) is 5. The molecule has 0 unspecified atom stereocenters. The number of fused-ring (bicyclic) bond motifs is 1. The molecule has 0 spiro atoms. The smallest absolute Gasteiger partial charge is 0.259 e. The number of pyridine rings is 1. The van der Waals surface area contributed by atoms with Crippen molar-refractivity contribution >= 4 is 23.1 Å². The van der Waals surface area contributed by atoms with Gasteiger partial charge in [-0.1, -0.05) is 19.3 Å². The van der Waals surface area contributed by atoms with Gasteiger partial charge in [-0.15, -0.1) is 0 Å². The molecular formula is C25H32N6O. The van der Waals surface area contributed by atoms with E-state index in [-0.39, 0.29) is 5.91 Å². The Labute approximate surface area is 189 Å². The van der Waals surface area contributed by atoms with Crippen LogP contribution in [0.1, 0.15) is 53.7 Å². The second-order valence-corrected chi connectivity index (χ2v) is 8.41. The summed E-state index contributed by atoms with van der Waals surface area (Å²) in [7, 11) is 1.93. The summed E-state index contributed by atoms with van der Waals surface area (Å²) in [5, 5.41) is 11.5. The normalized spacial score (nSPS) is 15.4. The van der Waals surface area contributed by atoms with E-state index in [4.69, 9.17) is 0 Å². The molecule has 0 radical (unpaired) electrons. The van der Waals surface area contributed by atoms with E-state index in [1.165, 1.54) is 19.3 Å². The van der Waals surface area contributed by atoms with E-state index < -0.39 is 0 Å². The minimum atomic E-state index is -0.000576. The van der Waals surface area contributed by atoms with Crippen molar-refractivity contribution in [3.8, 4) is 0 Å². The molecule has 4 rings (SSSR count). The Morgan fingerprint density at radius 3 is 2.72 bits per heavy atom. The fourth-order valence-electron chi connectivity index (χ4n) is 4.19. The zero-order valence-corrected chi connectivity index (χ0v) is 19.0. The van der Waals surface area contributed by atoms with Crippen molar-refractivity contribution in [2.24, 2.45) is 7.05 Å². The van der Waals surface area contributed by atoms with Gasteiger partial charge in [0.25, 0.3) is 5.91 Å². The predicted molar refractivity (Wildman–Crippen MR) is 128 cm³/mol.